The first-order valence-electron chi connectivity index (χ1n) is 16.2. The topological polar surface area (TPSA) is 94.2 Å². The molecule has 2 aromatic carbocycles. The third kappa shape index (κ3) is 7.39. The van der Waals surface area contributed by atoms with Crippen LogP contribution in [0, 0.1) is 5.92 Å². The van der Waals surface area contributed by atoms with E-state index in [4.69, 9.17) is 4.74 Å². The molecule has 2 N–H and O–H groups in total. The number of benzene rings is 2. The molecule has 1 atom stereocenters. The number of ether oxygens (including phenoxy) is 1. The van der Waals surface area contributed by atoms with E-state index in [9.17, 15) is 14.4 Å². The van der Waals surface area contributed by atoms with Crippen molar-refractivity contribution in [3.8, 4) is 5.75 Å². The Morgan fingerprint density at radius 2 is 1.63 bits per heavy atom. The van der Waals surface area contributed by atoms with Gasteiger partial charge in [0.05, 0.1) is 0 Å². The average Bonchev–Trinajstić information content (AvgIpc) is 3.66. The van der Waals surface area contributed by atoms with Crippen molar-refractivity contribution in [3.05, 3.63) is 59.2 Å². The molecule has 6 rings (SSSR count). The Morgan fingerprint density at radius 3 is 2.37 bits per heavy atom. The maximum atomic E-state index is 13.1. The summed E-state index contributed by atoms with van der Waals surface area (Å²) < 4.78 is 6.06. The average molecular weight is 588 g/mol. The van der Waals surface area contributed by atoms with E-state index in [1.165, 1.54) is 58.2 Å². The van der Waals surface area contributed by atoms with Crippen LogP contribution in [0.15, 0.2) is 42.5 Å². The lowest BCUT2D eigenvalue weighted by Crippen LogP contribution is -2.52. The summed E-state index contributed by atoms with van der Waals surface area (Å²) in [6.45, 7) is 8.43. The van der Waals surface area contributed by atoms with Crippen LogP contribution in [0.5, 0.6) is 5.75 Å². The highest BCUT2D eigenvalue weighted by Crippen LogP contribution is 2.33. The standard InChI is InChI=1S/C34H45N5O4/c40-32-15-14-31(33(41)36-32)39-24-29-28(34(39)42)8-3-9-30(29)35-23-26-10-12-27(13-11-26)43-22-21-38-19-17-37(18-20-38)16-4-7-25-5-1-2-6-25/h3,8-13,25,31,35H,1-2,4-7,14-24H2,(H,36,40,41). The van der Waals surface area contributed by atoms with E-state index in [0.717, 1.165) is 48.1 Å². The van der Waals surface area contributed by atoms with Crippen molar-refractivity contribution in [1.82, 2.24) is 20.0 Å². The second-order valence-electron chi connectivity index (χ2n) is 12.6. The molecule has 0 spiro atoms. The largest absolute Gasteiger partial charge is 0.492 e. The van der Waals surface area contributed by atoms with Gasteiger partial charge in [0.25, 0.3) is 5.91 Å². The third-order valence-corrected chi connectivity index (χ3v) is 9.69. The fourth-order valence-electron chi connectivity index (χ4n) is 7.08. The molecule has 43 heavy (non-hydrogen) atoms. The molecule has 1 unspecified atom stereocenters. The van der Waals surface area contributed by atoms with Crippen LogP contribution in [0.1, 0.15) is 72.9 Å². The Balaban J connectivity index is 0.913. The Hall–Kier alpha value is -3.43. The van der Waals surface area contributed by atoms with Crippen molar-refractivity contribution in [2.24, 2.45) is 5.92 Å². The fraction of sp³-hybridized carbons (Fsp3) is 0.559. The SMILES string of the molecule is O=C1CCC(N2Cc3c(NCc4ccc(OCCN5CCN(CCCC6CCCC6)CC5)cc4)cccc3C2=O)C(=O)N1. The van der Waals surface area contributed by atoms with Gasteiger partial charge in [-0.05, 0) is 61.6 Å². The van der Waals surface area contributed by atoms with E-state index in [1.807, 2.05) is 24.3 Å². The monoisotopic (exact) mass is 587 g/mol. The number of anilines is 1. The molecule has 3 aliphatic heterocycles. The number of piperidine rings is 1. The predicted octanol–water partition coefficient (Wildman–Crippen LogP) is 4.03. The smallest absolute Gasteiger partial charge is 0.255 e. The molecule has 2 aromatic rings. The lowest BCUT2D eigenvalue weighted by molar-refractivity contribution is -0.136. The highest BCUT2D eigenvalue weighted by molar-refractivity contribution is 6.06. The molecular formula is C34H45N5O4. The second-order valence-corrected chi connectivity index (χ2v) is 12.6. The minimum absolute atomic E-state index is 0.161. The summed E-state index contributed by atoms with van der Waals surface area (Å²) >= 11 is 0. The third-order valence-electron chi connectivity index (χ3n) is 9.69. The van der Waals surface area contributed by atoms with Gasteiger partial charge in [-0.25, -0.2) is 0 Å². The molecule has 1 aliphatic carbocycles. The summed E-state index contributed by atoms with van der Waals surface area (Å²) in [7, 11) is 0. The molecule has 0 bridgehead atoms. The van der Waals surface area contributed by atoms with E-state index in [2.05, 4.69) is 32.6 Å². The van der Waals surface area contributed by atoms with Crippen LogP contribution in [0.2, 0.25) is 0 Å². The zero-order chi connectivity index (χ0) is 29.6. The number of rotatable bonds is 12. The number of hydrogen-bond donors (Lipinski definition) is 2. The van der Waals surface area contributed by atoms with Crippen LogP contribution < -0.4 is 15.4 Å². The summed E-state index contributed by atoms with van der Waals surface area (Å²) in [5.41, 5.74) is 3.50. The number of amides is 3. The quantitative estimate of drug-likeness (QED) is 0.362. The zero-order valence-electron chi connectivity index (χ0n) is 25.2. The van der Waals surface area contributed by atoms with Gasteiger partial charge in [-0.3, -0.25) is 24.6 Å². The van der Waals surface area contributed by atoms with Crippen molar-refractivity contribution < 1.29 is 19.1 Å². The minimum atomic E-state index is -0.612. The maximum Gasteiger partial charge on any atom is 0.255 e. The zero-order valence-corrected chi connectivity index (χ0v) is 25.2. The van der Waals surface area contributed by atoms with E-state index in [1.54, 1.807) is 11.0 Å². The van der Waals surface area contributed by atoms with Crippen molar-refractivity contribution >= 4 is 23.4 Å². The molecule has 0 radical (unpaired) electrons. The van der Waals surface area contributed by atoms with Gasteiger partial charge in [-0.1, -0.05) is 43.9 Å². The molecule has 9 heteroatoms. The molecule has 9 nitrogen and oxygen atoms in total. The normalized spacial score (nSPS) is 21.7. The van der Waals surface area contributed by atoms with Crippen LogP contribution in [-0.2, 0) is 22.7 Å². The number of piperazine rings is 1. The summed E-state index contributed by atoms with van der Waals surface area (Å²) in [6, 6.07) is 13.2. The Morgan fingerprint density at radius 1 is 0.884 bits per heavy atom. The Bertz CT molecular complexity index is 1280. The number of hydrogen-bond acceptors (Lipinski definition) is 7. The van der Waals surface area contributed by atoms with Crippen molar-refractivity contribution in [3.63, 3.8) is 0 Å². The molecule has 3 heterocycles. The number of carbonyl (C=O) groups is 3. The van der Waals surface area contributed by atoms with Gasteiger partial charge in [0.15, 0.2) is 0 Å². The van der Waals surface area contributed by atoms with Crippen LogP contribution in [-0.4, -0.2) is 84.3 Å². The summed E-state index contributed by atoms with van der Waals surface area (Å²) in [6.07, 6.45) is 9.20. The summed E-state index contributed by atoms with van der Waals surface area (Å²) in [4.78, 5) is 43.7. The molecule has 3 amide bonds. The van der Waals surface area contributed by atoms with Crippen LogP contribution in [0.4, 0.5) is 5.69 Å². The first kappa shape index (κ1) is 29.6. The molecule has 4 aliphatic rings. The van der Waals surface area contributed by atoms with Gasteiger partial charge in [0, 0.05) is 69.0 Å². The number of carbonyl (C=O) groups excluding carboxylic acids is 3. The fourth-order valence-corrected chi connectivity index (χ4v) is 7.08. The highest BCUT2D eigenvalue weighted by Gasteiger charge is 2.39. The van der Waals surface area contributed by atoms with E-state index < -0.39 is 11.9 Å². The van der Waals surface area contributed by atoms with Crippen molar-refractivity contribution in [1.29, 1.82) is 0 Å². The summed E-state index contributed by atoms with van der Waals surface area (Å²) in [5.74, 6) is 1.04. The molecule has 1 saturated carbocycles. The second kappa shape index (κ2) is 13.9. The minimum Gasteiger partial charge on any atom is -0.492 e. The first-order chi connectivity index (χ1) is 21.0. The predicted molar refractivity (Wildman–Crippen MR) is 166 cm³/mol. The molecule has 230 valence electrons. The van der Waals surface area contributed by atoms with E-state index in [-0.39, 0.29) is 18.2 Å². The van der Waals surface area contributed by atoms with Gasteiger partial charge in [-0.2, -0.15) is 0 Å². The van der Waals surface area contributed by atoms with Crippen molar-refractivity contribution in [2.75, 3.05) is 51.2 Å². The highest BCUT2D eigenvalue weighted by atomic mass is 16.5. The van der Waals surface area contributed by atoms with Crippen LogP contribution in [0.25, 0.3) is 0 Å². The number of nitrogens with one attached hydrogen (secondary N) is 2. The van der Waals surface area contributed by atoms with Crippen LogP contribution in [0.3, 0.4) is 0 Å². The first-order valence-corrected chi connectivity index (χ1v) is 16.2. The van der Waals surface area contributed by atoms with Gasteiger partial charge >= 0.3 is 0 Å². The molecule has 2 saturated heterocycles. The lowest BCUT2D eigenvalue weighted by atomic mass is 10.0. The van der Waals surface area contributed by atoms with E-state index in [0.29, 0.717) is 31.7 Å². The number of fused-ring (bicyclic) bond motifs is 1. The van der Waals surface area contributed by atoms with Crippen LogP contribution >= 0.6 is 0 Å². The number of imide groups is 1. The molecular weight excluding hydrogens is 542 g/mol. The van der Waals surface area contributed by atoms with Gasteiger partial charge in [0.2, 0.25) is 11.8 Å². The molecule has 3 fully saturated rings. The summed E-state index contributed by atoms with van der Waals surface area (Å²) in [5, 5.41) is 5.84. The van der Waals surface area contributed by atoms with Gasteiger partial charge in [0.1, 0.15) is 18.4 Å². The Labute approximate surface area is 254 Å². The van der Waals surface area contributed by atoms with E-state index >= 15 is 0 Å². The molecule has 0 aromatic heterocycles. The number of nitrogens with zero attached hydrogens (tertiary/aromatic N) is 3. The van der Waals surface area contributed by atoms with Gasteiger partial charge in [-0.15, -0.1) is 0 Å². The lowest BCUT2D eigenvalue weighted by Gasteiger charge is -2.34. The Kier molecular flexibility index (Phi) is 9.58. The van der Waals surface area contributed by atoms with Gasteiger partial charge < -0.3 is 19.9 Å². The van der Waals surface area contributed by atoms with Crippen molar-refractivity contribution in [2.45, 2.75) is 70.5 Å². The maximum absolute atomic E-state index is 13.1.